The molecule has 1 atom stereocenters. The highest BCUT2D eigenvalue weighted by Crippen LogP contribution is 2.06. The molecule has 0 bridgehead atoms. The highest BCUT2D eigenvalue weighted by atomic mass is 79.9. The van der Waals surface area contributed by atoms with E-state index in [1.807, 2.05) is 0 Å². The van der Waals surface area contributed by atoms with Gasteiger partial charge in [0, 0.05) is 5.33 Å². The quantitative estimate of drug-likeness (QED) is 0.526. The molecule has 0 aliphatic carbocycles. The van der Waals surface area contributed by atoms with Gasteiger partial charge in [-0.2, -0.15) is 0 Å². The molecule has 0 aliphatic rings. The number of aliphatic hydroxyl groups excluding tert-OH is 1. The van der Waals surface area contributed by atoms with Gasteiger partial charge in [0.15, 0.2) is 0 Å². The fourth-order valence-corrected chi connectivity index (χ4v) is 1.43. The maximum atomic E-state index is 9.25. The van der Waals surface area contributed by atoms with Crippen molar-refractivity contribution in [3.05, 3.63) is 0 Å². The molecule has 0 fully saturated rings. The molecule has 0 saturated carbocycles. The molecule has 0 saturated heterocycles. The molecule has 10 heavy (non-hydrogen) atoms. The minimum atomic E-state index is -0.0778. The Morgan fingerprint density at radius 2 is 2.00 bits per heavy atom. The fraction of sp³-hybridized carbons (Fsp3) is 1.00. The van der Waals surface area contributed by atoms with Crippen LogP contribution in [0.4, 0.5) is 0 Å². The maximum absolute atomic E-state index is 9.25. The van der Waals surface area contributed by atoms with Crippen molar-refractivity contribution in [2.24, 2.45) is 0 Å². The first-order valence-corrected chi connectivity index (χ1v) is 5.17. The van der Waals surface area contributed by atoms with Crippen molar-refractivity contribution >= 4 is 15.9 Å². The van der Waals surface area contributed by atoms with E-state index in [0.717, 1.165) is 18.2 Å². The van der Waals surface area contributed by atoms with Gasteiger partial charge in [-0.3, -0.25) is 0 Å². The van der Waals surface area contributed by atoms with Crippen LogP contribution in [0.15, 0.2) is 0 Å². The predicted octanol–water partition coefficient (Wildman–Crippen LogP) is 2.71. The van der Waals surface area contributed by atoms with Crippen LogP contribution in [0.25, 0.3) is 0 Å². The van der Waals surface area contributed by atoms with E-state index in [1.165, 1.54) is 19.3 Å². The molecular weight excluding hydrogens is 192 g/mol. The van der Waals surface area contributed by atoms with E-state index in [0.29, 0.717) is 0 Å². The van der Waals surface area contributed by atoms with Crippen LogP contribution in [-0.4, -0.2) is 16.5 Å². The normalized spacial score (nSPS) is 13.5. The van der Waals surface area contributed by atoms with Gasteiger partial charge < -0.3 is 5.11 Å². The third-order valence-electron chi connectivity index (χ3n) is 1.58. The number of hydrogen-bond acceptors (Lipinski definition) is 1. The van der Waals surface area contributed by atoms with Gasteiger partial charge in [0.1, 0.15) is 0 Å². The molecule has 0 spiro atoms. The largest absolute Gasteiger partial charge is 0.393 e. The topological polar surface area (TPSA) is 20.2 Å². The lowest BCUT2D eigenvalue weighted by atomic mass is 10.1. The van der Waals surface area contributed by atoms with Gasteiger partial charge in [-0.15, -0.1) is 0 Å². The van der Waals surface area contributed by atoms with Gasteiger partial charge in [-0.25, -0.2) is 0 Å². The van der Waals surface area contributed by atoms with Crippen LogP contribution >= 0.6 is 15.9 Å². The summed E-state index contributed by atoms with van der Waals surface area (Å²) in [6.45, 7) is 2.18. The molecule has 1 nitrogen and oxygen atoms in total. The van der Waals surface area contributed by atoms with Crippen LogP contribution < -0.4 is 0 Å². The summed E-state index contributed by atoms with van der Waals surface area (Å²) in [6.07, 6.45) is 5.44. The van der Waals surface area contributed by atoms with Crippen LogP contribution in [0.3, 0.4) is 0 Å². The lowest BCUT2D eigenvalue weighted by Gasteiger charge is -2.06. The van der Waals surface area contributed by atoms with Crippen molar-refractivity contribution < 1.29 is 5.11 Å². The smallest absolute Gasteiger partial charge is 0.0548 e. The van der Waals surface area contributed by atoms with Gasteiger partial charge in [-0.1, -0.05) is 42.1 Å². The van der Waals surface area contributed by atoms with E-state index in [2.05, 4.69) is 22.9 Å². The standard InChI is InChI=1S/C8H17BrO/c1-2-3-4-5-8(10)6-7-9/h8,10H,2-7H2,1H3/t8-/m0/s1. The van der Waals surface area contributed by atoms with Crippen LogP contribution in [0.2, 0.25) is 0 Å². The van der Waals surface area contributed by atoms with Gasteiger partial charge in [-0.05, 0) is 12.8 Å². The summed E-state index contributed by atoms with van der Waals surface area (Å²) in [5, 5.41) is 10.2. The number of hydrogen-bond donors (Lipinski definition) is 1. The summed E-state index contributed by atoms with van der Waals surface area (Å²) in [7, 11) is 0. The molecule has 0 aromatic carbocycles. The Hall–Kier alpha value is 0.440. The van der Waals surface area contributed by atoms with Gasteiger partial charge in [0.2, 0.25) is 0 Å². The highest BCUT2D eigenvalue weighted by molar-refractivity contribution is 9.09. The zero-order valence-electron chi connectivity index (χ0n) is 6.65. The Morgan fingerprint density at radius 1 is 1.30 bits per heavy atom. The summed E-state index contributed by atoms with van der Waals surface area (Å²) >= 11 is 3.30. The molecule has 0 rings (SSSR count). The maximum Gasteiger partial charge on any atom is 0.0548 e. The first kappa shape index (κ1) is 10.4. The van der Waals surface area contributed by atoms with E-state index >= 15 is 0 Å². The van der Waals surface area contributed by atoms with Crippen molar-refractivity contribution in [2.45, 2.75) is 45.1 Å². The average Bonchev–Trinajstić information content (AvgIpc) is 1.89. The van der Waals surface area contributed by atoms with Crippen molar-refractivity contribution in [3.8, 4) is 0 Å². The fourth-order valence-electron chi connectivity index (χ4n) is 0.900. The van der Waals surface area contributed by atoms with E-state index in [1.54, 1.807) is 0 Å². The molecule has 0 aromatic heterocycles. The van der Waals surface area contributed by atoms with Crippen LogP contribution in [0.1, 0.15) is 39.0 Å². The summed E-state index contributed by atoms with van der Waals surface area (Å²) < 4.78 is 0. The molecule has 0 amide bonds. The second-order valence-electron chi connectivity index (χ2n) is 2.63. The van der Waals surface area contributed by atoms with Crippen molar-refractivity contribution in [1.82, 2.24) is 0 Å². The van der Waals surface area contributed by atoms with E-state index in [4.69, 9.17) is 0 Å². The average molecular weight is 209 g/mol. The van der Waals surface area contributed by atoms with Crippen LogP contribution in [0.5, 0.6) is 0 Å². The first-order valence-electron chi connectivity index (χ1n) is 4.05. The van der Waals surface area contributed by atoms with E-state index in [9.17, 15) is 5.11 Å². The minimum Gasteiger partial charge on any atom is -0.393 e. The zero-order chi connectivity index (χ0) is 7.82. The van der Waals surface area contributed by atoms with E-state index < -0.39 is 0 Å². The van der Waals surface area contributed by atoms with Crippen LogP contribution in [-0.2, 0) is 0 Å². The molecular formula is C8H17BrO. The number of unbranched alkanes of at least 4 members (excludes halogenated alkanes) is 2. The molecule has 0 aromatic rings. The van der Waals surface area contributed by atoms with Crippen molar-refractivity contribution in [3.63, 3.8) is 0 Å². The SMILES string of the molecule is CCCCC[C@H](O)CCBr. The Morgan fingerprint density at radius 3 is 2.50 bits per heavy atom. The Bertz CT molecular complexity index is 66.3. The Labute approximate surface area is 72.0 Å². The lowest BCUT2D eigenvalue weighted by molar-refractivity contribution is 0.158. The number of aliphatic hydroxyl groups is 1. The van der Waals surface area contributed by atoms with Gasteiger partial charge in [0.25, 0.3) is 0 Å². The number of alkyl halides is 1. The lowest BCUT2D eigenvalue weighted by Crippen LogP contribution is -2.06. The minimum absolute atomic E-state index is 0.0778. The van der Waals surface area contributed by atoms with E-state index in [-0.39, 0.29) is 6.10 Å². The summed E-state index contributed by atoms with van der Waals surface area (Å²) in [4.78, 5) is 0. The Balaban J connectivity index is 2.97. The monoisotopic (exact) mass is 208 g/mol. The second-order valence-corrected chi connectivity index (χ2v) is 3.42. The molecule has 62 valence electrons. The van der Waals surface area contributed by atoms with Crippen molar-refractivity contribution in [2.75, 3.05) is 5.33 Å². The third kappa shape index (κ3) is 6.56. The summed E-state index contributed by atoms with van der Waals surface area (Å²) in [5.74, 6) is 0. The number of halogens is 1. The van der Waals surface area contributed by atoms with Crippen molar-refractivity contribution in [1.29, 1.82) is 0 Å². The predicted molar refractivity (Wildman–Crippen MR) is 48.6 cm³/mol. The molecule has 1 N–H and O–H groups in total. The second kappa shape index (κ2) is 7.55. The molecule has 0 aliphatic heterocycles. The Kier molecular flexibility index (Phi) is 7.88. The summed E-state index contributed by atoms with van der Waals surface area (Å²) in [6, 6.07) is 0. The zero-order valence-corrected chi connectivity index (χ0v) is 8.23. The molecule has 2 heteroatoms. The first-order chi connectivity index (χ1) is 4.81. The molecule has 0 radical (unpaired) electrons. The number of rotatable bonds is 6. The van der Waals surface area contributed by atoms with Gasteiger partial charge in [0.05, 0.1) is 6.10 Å². The molecule has 0 unspecified atom stereocenters. The molecule has 0 heterocycles. The highest BCUT2D eigenvalue weighted by Gasteiger charge is 2.00. The summed E-state index contributed by atoms with van der Waals surface area (Å²) in [5.41, 5.74) is 0. The third-order valence-corrected chi connectivity index (χ3v) is 2.04. The van der Waals surface area contributed by atoms with Gasteiger partial charge >= 0.3 is 0 Å². The van der Waals surface area contributed by atoms with Crippen LogP contribution in [0, 0.1) is 0 Å².